The maximum absolute atomic E-state index is 12.0. The molecule has 0 saturated heterocycles. The van der Waals surface area contributed by atoms with Crippen molar-refractivity contribution in [3.63, 3.8) is 0 Å². The first kappa shape index (κ1) is 16.9. The fourth-order valence-electron chi connectivity index (χ4n) is 2.00. The van der Waals surface area contributed by atoms with E-state index in [1.807, 2.05) is 32.9 Å². The van der Waals surface area contributed by atoms with Crippen LogP contribution in [-0.2, 0) is 0 Å². The van der Waals surface area contributed by atoms with Gasteiger partial charge in [-0.25, -0.2) is 9.97 Å². The number of amides is 1. The van der Waals surface area contributed by atoms with Crippen molar-refractivity contribution in [3.8, 4) is 0 Å². The van der Waals surface area contributed by atoms with Crippen LogP contribution in [0, 0.1) is 0 Å². The van der Waals surface area contributed by atoms with Gasteiger partial charge in [0.05, 0.1) is 5.56 Å². The van der Waals surface area contributed by atoms with E-state index in [0.717, 1.165) is 5.69 Å². The molecule has 0 radical (unpaired) electrons. The van der Waals surface area contributed by atoms with Crippen LogP contribution >= 0.6 is 0 Å². The van der Waals surface area contributed by atoms with Gasteiger partial charge in [0.25, 0.3) is 5.91 Å². The molecule has 0 saturated carbocycles. The average molecular weight is 312 g/mol. The Morgan fingerprint density at radius 2 is 1.61 bits per heavy atom. The molecular formula is C18H24N4O. The molecule has 23 heavy (non-hydrogen) atoms. The van der Waals surface area contributed by atoms with Crippen LogP contribution in [0.1, 0.15) is 56.5 Å². The van der Waals surface area contributed by atoms with Gasteiger partial charge in [-0.05, 0) is 44.4 Å². The molecule has 2 aromatic rings. The Morgan fingerprint density at radius 1 is 1.04 bits per heavy atom. The van der Waals surface area contributed by atoms with Crippen molar-refractivity contribution in [1.82, 2.24) is 15.3 Å². The SMILES string of the molecule is CC(C)c1ccc(Nc2ncc(C(=O)NC(C)(C)C)cn2)cc1. The number of carbonyl (C=O) groups is 1. The maximum Gasteiger partial charge on any atom is 0.254 e. The van der Waals surface area contributed by atoms with Crippen molar-refractivity contribution in [3.05, 3.63) is 47.8 Å². The molecule has 0 spiro atoms. The van der Waals surface area contributed by atoms with Crippen LogP contribution in [-0.4, -0.2) is 21.4 Å². The second-order valence-electron chi connectivity index (χ2n) is 6.90. The van der Waals surface area contributed by atoms with E-state index in [1.165, 1.54) is 18.0 Å². The highest BCUT2D eigenvalue weighted by Crippen LogP contribution is 2.19. The Kier molecular flexibility index (Phi) is 4.98. The van der Waals surface area contributed by atoms with E-state index in [1.54, 1.807) is 0 Å². The zero-order chi connectivity index (χ0) is 17.0. The molecule has 1 amide bonds. The number of nitrogens with zero attached hydrogens (tertiary/aromatic N) is 2. The summed E-state index contributed by atoms with van der Waals surface area (Å²) in [6.07, 6.45) is 3.05. The minimum atomic E-state index is -0.286. The summed E-state index contributed by atoms with van der Waals surface area (Å²) in [6.45, 7) is 10.1. The average Bonchev–Trinajstić information content (AvgIpc) is 2.46. The molecule has 2 rings (SSSR count). The molecule has 1 aromatic carbocycles. The Hall–Kier alpha value is -2.43. The first-order valence-electron chi connectivity index (χ1n) is 7.76. The van der Waals surface area contributed by atoms with E-state index < -0.39 is 0 Å². The molecule has 5 nitrogen and oxygen atoms in total. The van der Waals surface area contributed by atoms with E-state index in [9.17, 15) is 4.79 Å². The number of anilines is 2. The third-order valence-corrected chi connectivity index (χ3v) is 3.24. The standard InChI is InChI=1S/C18H24N4O/c1-12(2)13-6-8-15(9-7-13)21-17-19-10-14(11-20-17)16(23)22-18(3,4)5/h6-12H,1-5H3,(H,22,23)(H,19,20,21). The van der Waals surface area contributed by atoms with Gasteiger partial charge in [0.15, 0.2) is 0 Å². The summed E-state index contributed by atoms with van der Waals surface area (Å²) in [6, 6.07) is 8.16. The van der Waals surface area contributed by atoms with E-state index in [0.29, 0.717) is 17.4 Å². The Balaban J connectivity index is 2.03. The third kappa shape index (κ3) is 5.06. The van der Waals surface area contributed by atoms with Crippen molar-refractivity contribution in [2.75, 3.05) is 5.32 Å². The van der Waals surface area contributed by atoms with Gasteiger partial charge < -0.3 is 10.6 Å². The molecule has 1 aromatic heterocycles. The lowest BCUT2D eigenvalue weighted by Crippen LogP contribution is -2.40. The Morgan fingerprint density at radius 3 is 2.09 bits per heavy atom. The molecule has 122 valence electrons. The summed E-state index contributed by atoms with van der Waals surface area (Å²) in [5.74, 6) is 0.792. The fraction of sp³-hybridized carbons (Fsp3) is 0.389. The van der Waals surface area contributed by atoms with Gasteiger partial charge in [-0.2, -0.15) is 0 Å². The predicted molar refractivity (Wildman–Crippen MR) is 93.1 cm³/mol. The lowest BCUT2D eigenvalue weighted by Gasteiger charge is -2.20. The number of nitrogens with one attached hydrogen (secondary N) is 2. The summed E-state index contributed by atoms with van der Waals surface area (Å²) in [4.78, 5) is 20.4. The number of hydrogen-bond acceptors (Lipinski definition) is 4. The topological polar surface area (TPSA) is 66.9 Å². The lowest BCUT2D eigenvalue weighted by molar-refractivity contribution is 0.0919. The quantitative estimate of drug-likeness (QED) is 0.899. The normalized spacial score (nSPS) is 11.4. The molecule has 2 N–H and O–H groups in total. The lowest BCUT2D eigenvalue weighted by atomic mass is 10.0. The van der Waals surface area contributed by atoms with Crippen LogP contribution in [0.2, 0.25) is 0 Å². The first-order chi connectivity index (χ1) is 10.7. The number of rotatable bonds is 4. The van der Waals surface area contributed by atoms with Crippen molar-refractivity contribution >= 4 is 17.5 Å². The molecule has 5 heteroatoms. The predicted octanol–water partition coefficient (Wildman–Crippen LogP) is 3.87. The number of carbonyl (C=O) groups excluding carboxylic acids is 1. The smallest absolute Gasteiger partial charge is 0.254 e. The summed E-state index contributed by atoms with van der Waals surface area (Å²) >= 11 is 0. The van der Waals surface area contributed by atoms with Gasteiger partial charge >= 0.3 is 0 Å². The van der Waals surface area contributed by atoms with Gasteiger partial charge in [0.2, 0.25) is 5.95 Å². The second-order valence-corrected chi connectivity index (χ2v) is 6.90. The highest BCUT2D eigenvalue weighted by atomic mass is 16.1. The van der Waals surface area contributed by atoms with Crippen molar-refractivity contribution in [2.24, 2.45) is 0 Å². The largest absolute Gasteiger partial charge is 0.347 e. The molecule has 0 bridgehead atoms. The maximum atomic E-state index is 12.0. The van der Waals surface area contributed by atoms with Crippen molar-refractivity contribution in [2.45, 2.75) is 46.1 Å². The van der Waals surface area contributed by atoms with E-state index >= 15 is 0 Å². The molecule has 0 aliphatic rings. The van der Waals surface area contributed by atoms with Gasteiger partial charge in [-0.3, -0.25) is 4.79 Å². The van der Waals surface area contributed by atoms with E-state index in [2.05, 4.69) is 46.6 Å². The number of aromatic nitrogens is 2. The van der Waals surface area contributed by atoms with Gasteiger partial charge in [0, 0.05) is 23.6 Å². The molecule has 0 fully saturated rings. The van der Waals surface area contributed by atoms with E-state index in [-0.39, 0.29) is 11.4 Å². The van der Waals surface area contributed by atoms with Gasteiger partial charge in [0.1, 0.15) is 0 Å². The molecule has 0 aliphatic carbocycles. The number of benzene rings is 1. The summed E-state index contributed by atoms with van der Waals surface area (Å²) < 4.78 is 0. The molecule has 0 atom stereocenters. The summed E-state index contributed by atoms with van der Waals surface area (Å²) in [5, 5.41) is 6.01. The van der Waals surface area contributed by atoms with Crippen LogP contribution in [0.5, 0.6) is 0 Å². The molecule has 0 unspecified atom stereocenters. The minimum Gasteiger partial charge on any atom is -0.347 e. The van der Waals surface area contributed by atoms with Gasteiger partial charge in [-0.15, -0.1) is 0 Å². The van der Waals surface area contributed by atoms with Crippen molar-refractivity contribution < 1.29 is 4.79 Å². The van der Waals surface area contributed by atoms with E-state index in [4.69, 9.17) is 0 Å². The molecule has 1 heterocycles. The minimum absolute atomic E-state index is 0.176. The van der Waals surface area contributed by atoms with Crippen LogP contribution < -0.4 is 10.6 Å². The van der Waals surface area contributed by atoms with Crippen LogP contribution in [0.4, 0.5) is 11.6 Å². The highest BCUT2D eigenvalue weighted by molar-refractivity contribution is 5.94. The van der Waals surface area contributed by atoms with Crippen LogP contribution in [0.3, 0.4) is 0 Å². The fourth-order valence-corrected chi connectivity index (χ4v) is 2.00. The monoisotopic (exact) mass is 312 g/mol. The summed E-state index contributed by atoms with van der Waals surface area (Å²) in [7, 11) is 0. The van der Waals surface area contributed by atoms with Crippen LogP contribution in [0.25, 0.3) is 0 Å². The third-order valence-electron chi connectivity index (χ3n) is 3.24. The second kappa shape index (κ2) is 6.77. The summed E-state index contributed by atoms with van der Waals surface area (Å²) in [5.41, 5.74) is 2.36. The Bertz CT molecular complexity index is 655. The highest BCUT2D eigenvalue weighted by Gasteiger charge is 2.15. The zero-order valence-electron chi connectivity index (χ0n) is 14.3. The zero-order valence-corrected chi connectivity index (χ0v) is 14.3. The van der Waals surface area contributed by atoms with Gasteiger partial charge in [-0.1, -0.05) is 26.0 Å². The first-order valence-corrected chi connectivity index (χ1v) is 7.76. The van der Waals surface area contributed by atoms with Crippen molar-refractivity contribution in [1.29, 1.82) is 0 Å². The van der Waals surface area contributed by atoms with Crippen LogP contribution in [0.15, 0.2) is 36.7 Å². The molecule has 0 aliphatic heterocycles. The Labute approximate surface area is 137 Å². The number of hydrogen-bond donors (Lipinski definition) is 2. The molecular weight excluding hydrogens is 288 g/mol.